The summed E-state index contributed by atoms with van der Waals surface area (Å²) in [6.07, 6.45) is 2.04. The predicted molar refractivity (Wildman–Crippen MR) is 111 cm³/mol. The summed E-state index contributed by atoms with van der Waals surface area (Å²) in [5, 5.41) is 1.17. The quantitative estimate of drug-likeness (QED) is 0.499. The van der Waals surface area contributed by atoms with Crippen LogP contribution in [0.4, 0.5) is 5.13 Å². The summed E-state index contributed by atoms with van der Waals surface area (Å²) in [5.74, 6) is -0.0372. The Labute approximate surface area is 173 Å². The van der Waals surface area contributed by atoms with Crippen LogP contribution < -0.4 is 4.90 Å². The Bertz CT molecular complexity index is 1000. The minimum Gasteiger partial charge on any atom is -0.274 e. The molecule has 2 aliphatic carbocycles. The number of benzene rings is 1. The van der Waals surface area contributed by atoms with Crippen molar-refractivity contribution in [2.75, 3.05) is 4.90 Å². The van der Waals surface area contributed by atoms with Gasteiger partial charge >= 0.3 is 0 Å². The minimum absolute atomic E-state index is 0.0580. The summed E-state index contributed by atoms with van der Waals surface area (Å²) < 4.78 is 0. The molecule has 2 heterocycles. The van der Waals surface area contributed by atoms with E-state index in [-0.39, 0.29) is 35.5 Å². The lowest BCUT2D eigenvalue weighted by Gasteiger charge is -2.18. The maximum atomic E-state index is 13.3. The van der Waals surface area contributed by atoms with E-state index in [1.165, 1.54) is 27.4 Å². The first-order chi connectivity index (χ1) is 13.4. The maximum Gasteiger partial charge on any atom is 0.240 e. The van der Waals surface area contributed by atoms with Crippen LogP contribution in [0.3, 0.4) is 0 Å². The molecule has 3 fully saturated rings. The van der Waals surface area contributed by atoms with Crippen LogP contribution in [0.2, 0.25) is 5.02 Å². The topological polar surface area (TPSA) is 50.3 Å². The lowest BCUT2D eigenvalue weighted by Crippen LogP contribution is -2.33. The molecule has 1 saturated heterocycles. The number of carbonyl (C=O) groups is 2. The summed E-state index contributed by atoms with van der Waals surface area (Å²) in [5.41, 5.74) is 4.40. The Morgan fingerprint density at radius 3 is 2.18 bits per heavy atom. The molecule has 1 aromatic carbocycles. The third-order valence-corrected chi connectivity index (χ3v) is 7.73. The lowest BCUT2D eigenvalue weighted by molar-refractivity contribution is -0.123. The number of rotatable bonds is 2. The number of halogens is 1. The number of anilines is 1. The van der Waals surface area contributed by atoms with E-state index in [1.54, 1.807) is 0 Å². The van der Waals surface area contributed by atoms with Crippen molar-refractivity contribution in [2.45, 2.75) is 33.6 Å². The number of hydrogen-bond acceptors (Lipinski definition) is 4. The zero-order valence-corrected chi connectivity index (χ0v) is 17.6. The first-order valence-electron chi connectivity index (χ1n) is 9.67. The lowest BCUT2D eigenvalue weighted by atomic mass is 9.81. The summed E-state index contributed by atoms with van der Waals surface area (Å²) in [6, 6.07) is 7.48. The molecule has 4 nitrogen and oxygen atoms in total. The van der Waals surface area contributed by atoms with Gasteiger partial charge < -0.3 is 0 Å². The number of imide groups is 1. The van der Waals surface area contributed by atoms with E-state index in [9.17, 15) is 9.59 Å². The Kier molecular flexibility index (Phi) is 4.04. The Balaban J connectivity index is 1.52. The smallest absolute Gasteiger partial charge is 0.240 e. The summed E-state index contributed by atoms with van der Waals surface area (Å²) in [6.45, 7) is 6.19. The van der Waals surface area contributed by atoms with Crippen LogP contribution in [0, 0.1) is 30.6 Å². The number of thiazole rings is 1. The van der Waals surface area contributed by atoms with Crippen LogP contribution >= 0.6 is 22.9 Å². The zero-order chi connectivity index (χ0) is 19.7. The van der Waals surface area contributed by atoms with Crippen LogP contribution in [0.5, 0.6) is 0 Å². The van der Waals surface area contributed by atoms with E-state index >= 15 is 0 Å². The van der Waals surface area contributed by atoms with Crippen molar-refractivity contribution in [1.82, 2.24) is 4.98 Å². The number of hydrogen-bond donors (Lipinski definition) is 0. The number of carbonyl (C=O) groups excluding carboxylic acids is 2. The predicted octanol–water partition coefficient (Wildman–Crippen LogP) is 5.25. The largest absolute Gasteiger partial charge is 0.274 e. The molecule has 28 heavy (non-hydrogen) atoms. The third kappa shape index (κ3) is 2.39. The molecule has 0 unspecified atom stereocenters. The van der Waals surface area contributed by atoms with Gasteiger partial charge in [0.25, 0.3) is 0 Å². The molecule has 0 N–H and O–H groups in total. The molecule has 2 bridgehead atoms. The molecule has 0 radical (unpaired) electrons. The molecule has 2 aromatic rings. The molecule has 5 rings (SSSR count). The summed E-state index contributed by atoms with van der Waals surface area (Å²) >= 11 is 7.40. The molecule has 6 heteroatoms. The highest BCUT2D eigenvalue weighted by molar-refractivity contribution is 7.16. The van der Waals surface area contributed by atoms with Gasteiger partial charge in [0, 0.05) is 15.5 Å². The van der Waals surface area contributed by atoms with Gasteiger partial charge in [-0.2, -0.15) is 0 Å². The van der Waals surface area contributed by atoms with E-state index in [0.717, 1.165) is 29.0 Å². The van der Waals surface area contributed by atoms with Gasteiger partial charge in [0.05, 0.1) is 17.5 Å². The number of amides is 2. The molecule has 4 atom stereocenters. The van der Waals surface area contributed by atoms with Crippen LogP contribution in [0.15, 0.2) is 35.4 Å². The fourth-order valence-corrected chi connectivity index (χ4v) is 6.60. The van der Waals surface area contributed by atoms with Crippen molar-refractivity contribution in [1.29, 1.82) is 0 Å². The highest BCUT2D eigenvalue weighted by Crippen LogP contribution is 2.60. The standard InChI is InChI=1S/C22H21ClN2O2S/c1-10(2)16-14-8-9-15(16)18-17(14)20(26)25(21(18)27)22-24-19(11(3)28-22)12-4-6-13(23)7-5-12/h4-7,14-15,17-18H,8-9H2,1-3H3/t14-,15-,17-,18+/m1/s1. The number of nitrogens with zero attached hydrogens (tertiary/aromatic N) is 2. The van der Waals surface area contributed by atoms with Crippen molar-refractivity contribution >= 4 is 39.9 Å². The van der Waals surface area contributed by atoms with Crippen LogP contribution in [0.25, 0.3) is 11.3 Å². The Hall–Kier alpha value is -1.98. The molecule has 2 amide bonds. The highest BCUT2D eigenvalue weighted by Gasteiger charge is 2.64. The fraction of sp³-hybridized carbons (Fsp3) is 0.409. The van der Waals surface area contributed by atoms with E-state index in [1.807, 2.05) is 31.2 Å². The van der Waals surface area contributed by atoms with E-state index in [0.29, 0.717) is 10.2 Å². The number of aromatic nitrogens is 1. The van der Waals surface area contributed by atoms with Crippen LogP contribution in [-0.4, -0.2) is 16.8 Å². The fourth-order valence-electron chi connectivity index (χ4n) is 5.53. The summed E-state index contributed by atoms with van der Waals surface area (Å²) in [7, 11) is 0. The molecule has 2 saturated carbocycles. The van der Waals surface area contributed by atoms with Gasteiger partial charge in [-0.1, -0.05) is 34.9 Å². The second-order valence-corrected chi connectivity index (χ2v) is 9.84. The average molecular weight is 413 g/mol. The van der Waals surface area contributed by atoms with Crippen molar-refractivity contribution < 1.29 is 9.59 Å². The molecule has 144 valence electrons. The van der Waals surface area contributed by atoms with Gasteiger partial charge in [-0.05, 0) is 57.6 Å². The van der Waals surface area contributed by atoms with E-state index < -0.39 is 0 Å². The Morgan fingerprint density at radius 2 is 1.64 bits per heavy atom. The maximum absolute atomic E-state index is 13.3. The van der Waals surface area contributed by atoms with E-state index in [2.05, 4.69) is 13.8 Å². The average Bonchev–Trinajstić information content (AvgIpc) is 3.37. The molecular formula is C22H21ClN2O2S. The van der Waals surface area contributed by atoms with Gasteiger partial charge in [0.15, 0.2) is 5.13 Å². The number of fused-ring (bicyclic) bond motifs is 5. The van der Waals surface area contributed by atoms with Gasteiger partial charge in [-0.3, -0.25) is 9.59 Å². The van der Waals surface area contributed by atoms with Crippen molar-refractivity contribution in [3.8, 4) is 11.3 Å². The van der Waals surface area contributed by atoms with Gasteiger partial charge in [-0.15, -0.1) is 11.3 Å². The second-order valence-electron chi connectivity index (χ2n) is 8.22. The van der Waals surface area contributed by atoms with Gasteiger partial charge in [-0.25, -0.2) is 9.88 Å². The van der Waals surface area contributed by atoms with Crippen molar-refractivity contribution in [2.24, 2.45) is 23.7 Å². The first kappa shape index (κ1) is 18.1. The number of allylic oxidation sites excluding steroid dienone is 2. The van der Waals surface area contributed by atoms with E-state index in [4.69, 9.17) is 16.6 Å². The van der Waals surface area contributed by atoms with Gasteiger partial charge in [0.2, 0.25) is 11.8 Å². The second kappa shape index (κ2) is 6.26. The zero-order valence-electron chi connectivity index (χ0n) is 16.0. The summed E-state index contributed by atoms with van der Waals surface area (Å²) in [4.78, 5) is 33.6. The van der Waals surface area contributed by atoms with Crippen LogP contribution in [0.1, 0.15) is 31.6 Å². The molecule has 0 spiro atoms. The third-order valence-electron chi connectivity index (χ3n) is 6.52. The van der Waals surface area contributed by atoms with Gasteiger partial charge in [0.1, 0.15) is 0 Å². The minimum atomic E-state index is -0.195. The normalized spacial score (nSPS) is 28.4. The van der Waals surface area contributed by atoms with Crippen molar-refractivity contribution in [3.05, 3.63) is 45.3 Å². The Morgan fingerprint density at radius 1 is 1.07 bits per heavy atom. The SMILES string of the molecule is CC(C)=C1[C@H]2CC[C@H]1[C@H]1C(=O)N(c3nc(-c4ccc(Cl)cc4)c(C)s3)C(=O)[C@H]12. The molecule has 1 aliphatic heterocycles. The number of aryl methyl sites for hydroxylation is 1. The monoisotopic (exact) mass is 412 g/mol. The molecular weight excluding hydrogens is 392 g/mol. The highest BCUT2D eigenvalue weighted by atomic mass is 35.5. The molecule has 3 aliphatic rings. The first-order valence-corrected chi connectivity index (χ1v) is 10.9. The van der Waals surface area contributed by atoms with Crippen molar-refractivity contribution in [3.63, 3.8) is 0 Å². The van der Waals surface area contributed by atoms with Crippen LogP contribution in [-0.2, 0) is 9.59 Å². The molecule has 1 aromatic heterocycles.